The van der Waals surface area contributed by atoms with E-state index in [1.165, 1.54) is 5.56 Å². The van der Waals surface area contributed by atoms with Gasteiger partial charge in [0.05, 0.1) is 11.7 Å². The molecule has 1 amide bonds. The van der Waals surface area contributed by atoms with Crippen molar-refractivity contribution in [1.82, 2.24) is 10.1 Å². The number of amides is 1. The number of carbonyl (C=O) groups excluding carboxylic acids is 1. The predicted molar refractivity (Wildman–Crippen MR) is 88.6 cm³/mol. The van der Waals surface area contributed by atoms with Gasteiger partial charge < -0.3 is 9.26 Å². The van der Waals surface area contributed by atoms with E-state index in [9.17, 15) is 4.79 Å². The fourth-order valence-corrected chi connectivity index (χ4v) is 1.98. The summed E-state index contributed by atoms with van der Waals surface area (Å²) in [7, 11) is 1.88. The Kier molecular flexibility index (Phi) is 5.76. The van der Waals surface area contributed by atoms with Crippen LogP contribution in [0.25, 0.3) is 0 Å². The Bertz CT molecular complexity index is 637. The highest BCUT2D eigenvalue weighted by Crippen LogP contribution is 2.12. The normalized spacial score (nSPS) is 12.2. The number of carbonyl (C=O) groups is 1. The quantitative estimate of drug-likeness (QED) is 0.850. The molecule has 0 aliphatic rings. The first kappa shape index (κ1) is 17.0. The van der Waals surface area contributed by atoms with Crippen LogP contribution < -0.4 is 10.1 Å². The topological polar surface area (TPSA) is 67.6 Å². The maximum atomic E-state index is 12.2. The summed E-state index contributed by atoms with van der Waals surface area (Å²) in [5, 5.41) is 6.45. The lowest BCUT2D eigenvalue weighted by Gasteiger charge is -2.23. The summed E-state index contributed by atoms with van der Waals surface area (Å²) in [4.78, 5) is 14.1. The second-order valence-electron chi connectivity index (χ2n) is 5.64. The first-order chi connectivity index (χ1) is 11.0. The number of hydrogen-bond donors (Lipinski definition) is 1. The van der Waals surface area contributed by atoms with Crippen molar-refractivity contribution in [3.8, 4) is 5.75 Å². The van der Waals surface area contributed by atoms with E-state index in [1.54, 1.807) is 13.0 Å². The Morgan fingerprint density at radius 2 is 2.04 bits per heavy atom. The first-order valence-corrected chi connectivity index (χ1v) is 7.59. The first-order valence-electron chi connectivity index (χ1n) is 7.59. The number of benzene rings is 1. The molecule has 23 heavy (non-hydrogen) atoms. The zero-order valence-electron chi connectivity index (χ0n) is 14.0. The minimum atomic E-state index is -0.304. The Hall–Kier alpha value is -2.34. The zero-order valence-corrected chi connectivity index (χ0v) is 14.0. The Balaban J connectivity index is 1.76. The van der Waals surface area contributed by atoms with Gasteiger partial charge in [-0.3, -0.25) is 15.0 Å². The van der Waals surface area contributed by atoms with E-state index in [0.717, 1.165) is 11.4 Å². The maximum Gasteiger partial charge on any atom is 0.243 e. The molecule has 6 heteroatoms. The Labute approximate surface area is 136 Å². The summed E-state index contributed by atoms with van der Waals surface area (Å²) in [6, 6.07) is 9.28. The van der Waals surface area contributed by atoms with Gasteiger partial charge in [0.15, 0.2) is 0 Å². The molecule has 1 unspecified atom stereocenters. The second-order valence-corrected chi connectivity index (χ2v) is 5.64. The second kappa shape index (κ2) is 7.78. The highest BCUT2D eigenvalue weighted by atomic mass is 16.5. The van der Waals surface area contributed by atoms with Gasteiger partial charge in [0, 0.05) is 12.6 Å². The van der Waals surface area contributed by atoms with Crippen LogP contribution in [-0.2, 0) is 4.79 Å². The lowest BCUT2D eigenvalue weighted by molar-refractivity contribution is -0.120. The third kappa shape index (κ3) is 5.10. The minimum absolute atomic E-state index is 0.140. The molecule has 124 valence electrons. The third-order valence-electron chi connectivity index (χ3n) is 3.65. The van der Waals surface area contributed by atoms with Crippen molar-refractivity contribution in [3.05, 3.63) is 41.6 Å². The maximum absolute atomic E-state index is 12.2. The number of hydrogen-bond acceptors (Lipinski definition) is 5. The van der Waals surface area contributed by atoms with Crippen LogP contribution >= 0.6 is 0 Å². The van der Waals surface area contributed by atoms with Crippen LogP contribution in [0.4, 0.5) is 5.88 Å². The fourth-order valence-electron chi connectivity index (χ4n) is 1.98. The van der Waals surface area contributed by atoms with Gasteiger partial charge in [-0.15, -0.1) is 0 Å². The van der Waals surface area contributed by atoms with Crippen molar-refractivity contribution in [3.63, 3.8) is 0 Å². The minimum Gasteiger partial charge on any atom is -0.492 e. The van der Waals surface area contributed by atoms with E-state index in [4.69, 9.17) is 9.26 Å². The largest absolute Gasteiger partial charge is 0.492 e. The van der Waals surface area contributed by atoms with Crippen molar-refractivity contribution in [1.29, 1.82) is 0 Å². The third-order valence-corrected chi connectivity index (χ3v) is 3.65. The van der Waals surface area contributed by atoms with E-state index < -0.39 is 0 Å². The fraction of sp³-hybridized carbons (Fsp3) is 0.412. The molecule has 0 spiro atoms. The van der Waals surface area contributed by atoms with Crippen molar-refractivity contribution in [2.45, 2.75) is 26.8 Å². The molecular formula is C17H23N3O3. The summed E-state index contributed by atoms with van der Waals surface area (Å²) in [6.07, 6.45) is 0. The number of aromatic nitrogens is 1. The number of likely N-dealkylation sites (N-methyl/N-ethyl adjacent to an activating group) is 1. The van der Waals surface area contributed by atoms with Crippen molar-refractivity contribution < 1.29 is 14.1 Å². The summed E-state index contributed by atoms with van der Waals surface area (Å²) < 4.78 is 10.7. The SMILES string of the molecule is Cc1ccc(OCCN(C)C(C)C(=O)Nc2cc(C)no2)cc1. The number of nitrogens with zero attached hydrogens (tertiary/aromatic N) is 2. The lowest BCUT2D eigenvalue weighted by Crippen LogP contribution is -2.41. The van der Waals surface area contributed by atoms with Gasteiger partial charge in [0.2, 0.25) is 11.8 Å². The van der Waals surface area contributed by atoms with E-state index in [0.29, 0.717) is 19.0 Å². The van der Waals surface area contributed by atoms with Crippen molar-refractivity contribution in [2.75, 3.05) is 25.5 Å². The summed E-state index contributed by atoms with van der Waals surface area (Å²) in [5.41, 5.74) is 1.93. The molecule has 0 saturated carbocycles. The van der Waals surface area contributed by atoms with Crippen molar-refractivity contribution in [2.24, 2.45) is 0 Å². The molecule has 1 N–H and O–H groups in total. The molecule has 1 aromatic carbocycles. The number of rotatable bonds is 7. The predicted octanol–water partition coefficient (Wildman–Crippen LogP) is 2.63. The van der Waals surface area contributed by atoms with Crippen LogP contribution in [0.15, 0.2) is 34.9 Å². The van der Waals surface area contributed by atoms with Gasteiger partial charge >= 0.3 is 0 Å². The van der Waals surface area contributed by atoms with Gasteiger partial charge in [-0.25, -0.2) is 0 Å². The molecule has 0 saturated heterocycles. The van der Waals surface area contributed by atoms with Gasteiger partial charge in [-0.05, 0) is 40.0 Å². The van der Waals surface area contributed by atoms with Crippen LogP contribution in [0, 0.1) is 13.8 Å². The van der Waals surface area contributed by atoms with Crippen LogP contribution in [0.1, 0.15) is 18.2 Å². The van der Waals surface area contributed by atoms with E-state index in [2.05, 4.69) is 10.5 Å². The summed E-state index contributed by atoms with van der Waals surface area (Å²) >= 11 is 0. The van der Waals surface area contributed by atoms with Gasteiger partial charge in [0.25, 0.3) is 0 Å². The molecule has 1 aromatic heterocycles. The van der Waals surface area contributed by atoms with Crippen LogP contribution in [-0.4, -0.2) is 42.2 Å². The molecular weight excluding hydrogens is 294 g/mol. The molecule has 6 nitrogen and oxygen atoms in total. The Morgan fingerprint density at radius 3 is 2.65 bits per heavy atom. The van der Waals surface area contributed by atoms with E-state index in [-0.39, 0.29) is 11.9 Å². The van der Waals surface area contributed by atoms with Crippen molar-refractivity contribution >= 4 is 11.8 Å². The van der Waals surface area contributed by atoms with Gasteiger partial charge in [-0.2, -0.15) is 0 Å². The zero-order chi connectivity index (χ0) is 16.8. The molecule has 1 heterocycles. The molecule has 0 fully saturated rings. The summed E-state index contributed by atoms with van der Waals surface area (Å²) in [5.74, 6) is 1.06. The monoisotopic (exact) mass is 317 g/mol. The lowest BCUT2D eigenvalue weighted by atomic mass is 10.2. The van der Waals surface area contributed by atoms with Gasteiger partial charge in [-0.1, -0.05) is 22.9 Å². The molecule has 0 bridgehead atoms. The number of aryl methyl sites for hydroxylation is 2. The highest BCUT2D eigenvalue weighted by molar-refractivity contribution is 5.93. The standard InChI is InChI=1S/C17H23N3O3/c1-12-5-7-15(8-6-12)22-10-9-20(4)14(3)17(21)18-16-11-13(2)19-23-16/h5-8,11,14H,9-10H2,1-4H3,(H,18,21). The molecule has 1 atom stereocenters. The average molecular weight is 317 g/mol. The number of nitrogens with one attached hydrogen (secondary N) is 1. The molecule has 2 rings (SSSR count). The average Bonchev–Trinajstić information content (AvgIpc) is 2.93. The molecule has 0 radical (unpaired) electrons. The van der Waals surface area contributed by atoms with E-state index in [1.807, 2.05) is 50.1 Å². The molecule has 0 aliphatic heterocycles. The van der Waals surface area contributed by atoms with Gasteiger partial charge in [0.1, 0.15) is 12.4 Å². The highest BCUT2D eigenvalue weighted by Gasteiger charge is 2.19. The Morgan fingerprint density at radius 1 is 1.35 bits per heavy atom. The van der Waals surface area contributed by atoms with Crippen LogP contribution in [0.3, 0.4) is 0 Å². The summed E-state index contributed by atoms with van der Waals surface area (Å²) in [6.45, 7) is 6.83. The number of ether oxygens (including phenoxy) is 1. The van der Waals surface area contributed by atoms with E-state index >= 15 is 0 Å². The smallest absolute Gasteiger partial charge is 0.243 e. The molecule has 2 aromatic rings. The van der Waals surface area contributed by atoms with Crippen LogP contribution in [0.2, 0.25) is 0 Å². The van der Waals surface area contributed by atoms with Crippen LogP contribution in [0.5, 0.6) is 5.75 Å². The number of anilines is 1. The molecule has 0 aliphatic carbocycles.